The number of nitrogens with one attached hydrogen (secondary N) is 2. The summed E-state index contributed by atoms with van der Waals surface area (Å²) in [6.45, 7) is 1.46. The number of aromatic nitrogens is 3. The molecule has 1 aromatic carbocycles. The number of rotatable bonds is 7. The zero-order valence-corrected chi connectivity index (χ0v) is 19.3. The van der Waals surface area contributed by atoms with Crippen LogP contribution in [0.5, 0.6) is 0 Å². The predicted molar refractivity (Wildman–Crippen MR) is 127 cm³/mol. The smallest absolute Gasteiger partial charge is 0.191 e. The Balaban J connectivity index is 0.00000280. The van der Waals surface area contributed by atoms with Crippen molar-refractivity contribution in [2.75, 3.05) is 19.3 Å². The number of pyridine rings is 1. The van der Waals surface area contributed by atoms with E-state index in [9.17, 15) is 0 Å². The standard InChI is InChI=1S/C19H21ClN6S.HI/c1-21-19(23-9-11-27-17-5-3-16(20)4-6-17)25-13-15-2-7-18(24-12-15)26-10-8-22-14-26;/h2-8,10,12,14H,9,11,13H2,1H3,(H2,21,23,25);1H. The first-order valence-electron chi connectivity index (χ1n) is 8.51. The van der Waals surface area contributed by atoms with Crippen LogP contribution < -0.4 is 10.6 Å². The largest absolute Gasteiger partial charge is 0.356 e. The van der Waals surface area contributed by atoms with E-state index in [-0.39, 0.29) is 24.0 Å². The van der Waals surface area contributed by atoms with Gasteiger partial charge in [0, 0.05) is 54.4 Å². The maximum absolute atomic E-state index is 5.90. The monoisotopic (exact) mass is 528 g/mol. The number of halogens is 2. The summed E-state index contributed by atoms with van der Waals surface area (Å²) >= 11 is 7.67. The van der Waals surface area contributed by atoms with E-state index in [0.29, 0.717) is 6.54 Å². The summed E-state index contributed by atoms with van der Waals surface area (Å²) in [5, 5.41) is 7.37. The highest BCUT2D eigenvalue weighted by Gasteiger charge is 2.01. The van der Waals surface area contributed by atoms with Gasteiger partial charge in [0.25, 0.3) is 0 Å². The van der Waals surface area contributed by atoms with Crippen LogP contribution in [0.3, 0.4) is 0 Å². The van der Waals surface area contributed by atoms with Crippen molar-refractivity contribution in [1.29, 1.82) is 0 Å². The molecule has 2 heterocycles. The van der Waals surface area contributed by atoms with Gasteiger partial charge in [0.1, 0.15) is 12.1 Å². The Labute approximate surface area is 191 Å². The molecule has 0 spiro atoms. The summed E-state index contributed by atoms with van der Waals surface area (Å²) in [6.07, 6.45) is 7.19. The number of thioether (sulfide) groups is 1. The van der Waals surface area contributed by atoms with Gasteiger partial charge in [0.05, 0.1) is 0 Å². The highest BCUT2D eigenvalue weighted by molar-refractivity contribution is 14.0. The van der Waals surface area contributed by atoms with Crippen molar-refractivity contribution in [3.05, 3.63) is 71.9 Å². The lowest BCUT2D eigenvalue weighted by Gasteiger charge is -2.12. The third-order valence-electron chi connectivity index (χ3n) is 3.74. The SMILES string of the molecule is CN=C(NCCSc1ccc(Cl)cc1)NCc1ccc(-n2ccnc2)nc1.I. The van der Waals surface area contributed by atoms with E-state index in [2.05, 4.69) is 25.6 Å². The molecule has 28 heavy (non-hydrogen) atoms. The molecule has 0 saturated carbocycles. The Hall–Kier alpha value is -1.78. The molecular formula is C19H22ClIN6S. The molecule has 0 amide bonds. The average Bonchev–Trinajstić information content (AvgIpc) is 3.24. The molecule has 0 fully saturated rings. The maximum Gasteiger partial charge on any atom is 0.191 e. The molecule has 3 rings (SSSR count). The first kappa shape index (κ1) is 22.5. The van der Waals surface area contributed by atoms with Gasteiger partial charge < -0.3 is 10.6 Å². The lowest BCUT2D eigenvalue weighted by molar-refractivity contribution is 0.827. The number of guanidine groups is 1. The van der Waals surface area contributed by atoms with Crippen molar-refractivity contribution in [3.63, 3.8) is 0 Å². The minimum absolute atomic E-state index is 0. The molecule has 0 bridgehead atoms. The molecule has 0 atom stereocenters. The quantitative estimate of drug-likeness (QED) is 0.160. The van der Waals surface area contributed by atoms with Gasteiger partial charge in [0.2, 0.25) is 0 Å². The van der Waals surface area contributed by atoms with E-state index in [0.717, 1.165) is 34.7 Å². The summed E-state index contributed by atoms with van der Waals surface area (Å²) in [7, 11) is 1.77. The van der Waals surface area contributed by atoms with Crippen LogP contribution in [0.4, 0.5) is 0 Å². The van der Waals surface area contributed by atoms with E-state index >= 15 is 0 Å². The van der Waals surface area contributed by atoms with Gasteiger partial charge in [-0.15, -0.1) is 35.7 Å². The molecule has 0 unspecified atom stereocenters. The second-order valence-corrected chi connectivity index (χ2v) is 7.25. The van der Waals surface area contributed by atoms with Crippen molar-refractivity contribution in [1.82, 2.24) is 25.2 Å². The highest BCUT2D eigenvalue weighted by atomic mass is 127. The molecule has 0 aliphatic rings. The third-order valence-corrected chi connectivity index (χ3v) is 5.00. The number of nitrogens with zero attached hydrogens (tertiary/aromatic N) is 4. The number of benzene rings is 1. The predicted octanol–water partition coefficient (Wildman–Crippen LogP) is 4.00. The van der Waals surface area contributed by atoms with Crippen LogP contribution in [0.2, 0.25) is 5.02 Å². The van der Waals surface area contributed by atoms with Crippen LogP contribution >= 0.6 is 47.3 Å². The second kappa shape index (κ2) is 11.9. The minimum atomic E-state index is 0. The van der Waals surface area contributed by atoms with Gasteiger partial charge in [-0.25, -0.2) is 9.97 Å². The van der Waals surface area contributed by atoms with Crippen LogP contribution in [-0.4, -0.2) is 39.8 Å². The summed E-state index contributed by atoms with van der Waals surface area (Å²) in [6, 6.07) is 11.9. The molecule has 2 N–H and O–H groups in total. The average molecular weight is 529 g/mol. The fraction of sp³-hybridized carbons (Fsp3) is 0.211. The molecule has 2 aromatic heterocycles. The normalized spacial score (nSPS) is 11.0. The summed E-state index contributed by atoms with van der Waals surface area (Å²) in [5.74, 6) is 2.55. The molecule has 148 valence electrons. The summed E-state index contributed by atoms with van der Waals surface area (Å²) in [5.41, 5.74) is 1.08. The molecule has 0 aliphatic heterocycles. The van der Waals surface area contributed by atoms with Gasteiger partial charge in [-0.1, -0.05) is 17.7 Å². The number of hydrogen-bond acceptors (Lipinski definition) is 4. The molecule has 0 aliphatic carbocycles. The number of aliphatic imine (C=N–C) groups is 1. The van der Waals surface area contributed by atoms with Gasteiger partial charge in [-0.2, -0.15) is 0 Å². The molecule has 3 aromatic rings. The van der Waals surface area contributed by atoms with E-state index in [1.54, 1.807) is 31.3 Å². The van der Waals surface area contributed by atoms with Crippen molar-refractivity contribution >= 4 is 53.3 Å². The Morgan fingerprint density at radius 3 is 2.64 bits per heavy atom. The van der Waals surface area contributed by atoms with Gasteiger partial charge in [-0.05, 0) is 35.9 Å². The van der Waals surface area contributed by atoms with Gasteiger partial charge in [-0.3, -0.25) is 9.56 Å². The van der Waals surface area contributed by atoms with E-state index < -0.39 is 0 Å². The van der Waals surface area contributed by atoms with Crippen LogP contribution in [0.15, 0.2) is 71.2 Å². The van der Waals surface area contributed by atoms with E-state index in [1.807, 2.05) is 53.4 Å². The molecule has 0 saturated heterocycles. The van der Waals surface area contributed by atoms with Crippen molar-refractivity contribution in [2.24, 2.45) is 4.99 Å². The van der Waals surface area contributed by atoms with Crippen LogP contribution in [0.1, 0.15) is 5.56 Å². The zero-order chi connectivity index (χ0) is 18.9. The van der Waals surface area contributed by atoms with Crippen molar-refractivity contribution in [3.8, 4) is 5.82 Å². The Bertz CT molecular complexity index is 853. The van der Waals surface area contributed by atoms with E-state index in [1.165, 1.54) is 4.90 Å². The van der Waals surface area contributed by atoms with Crippen LogP contribution in [-0.2, 0) is 6.54 Å². The molecule has 6 nitrogen and oxygen atoms in total. The lowest BCUT2D eigenvalue weighted by Crippen LogP contribution is -2.37. The minimum Gasteiger partial charge on any atom is -0.356 e. The first-order valence-corrected chi connectivity index (χ1v) is 9.87. The third kappa shape index (κ3) is 6.99. The zero-order valence-electron chi connectivity index (χ0n) is 15.4. The van der Waals surface area contributed by atoms with Crippen LogP contribution in [0, 0.1) is 0 Å². The molecule has 9 heteroatoms. The lowest BCUT2D eigenvalue weighted by atomic mass is 10.3. The van der Waals surface area contributed by atoms with Gasteiger partial charge in [0.15, 0.2) is 5.96 Å². The topological polar surface area (TPSA) is 67.1 Å². The molecular weight excluding hydrogens is 507 g/mol. The fourth-order valence-electron chi connectivity index (χ4n) is 2.34. The van der Waals surface area contributed by atoms with Gasteiger partial charge >= 0.3 is 0 Å². The first-order chi connectivity index (χ1) is 13.2. The second-order valence-electron chi connectivity index (χ2n) is 5.65. The Morgan fingerprint density at radius 1 is 1.18 bits per heavy atom. The maximum atomic E-state index is 5.90. The Morgan fingerprint density at radius 2 is 2.00 bits per heavy atom. The highest BCUT2D eigenvalue weighted by Crippen LogP contribution is 2.19. The number of imidazole rings is 1. The number of hydrogen-bond donors (Lipinski definition) is 2. The summed E-state index contributed by atoms with van der Waals surface area (Å²) < 4.78 is 1.87. The Kier molecular flexibility index (Phi) is 9.59. The van der Waals surface area contributed by atoms with Crippen molar-refractivity contribution < 1.29 is 0 Å². The summed E-state index contributed by atoms with van der Waals surface area (Å²) in [4.78, 5) is 13.9. The fourth-order valence-corrected chi connectivity index (χ4v) is 3.24. The van der Waals surface area contributed by atoms with Crippen molar-refractivity contribution in [2.45, 2.75) is 11.4 Å². The van der Waals surface area contributed by atoms with Crippen LogP contribution in [0.25, 0.3) is 5.82 Å². The molecule has 0 radical (unpaired) electrons. The van der Waals surface area contributed by atoms with E-state index in [4.69, 9.17) is 11.6 Å².